The maximum Gasteiger partial charge on any atom is 0.227 e. The number of amides is 1. The van der Waals surface area contributed by atoms with E-state index >= 15 is 0 Å². The maximum atomic E-state index is 12.4. The van der Waals surface area contributed by atoms with Crippen molar-refractivity contribution in [3.63, 3.8) is 0 Å². The monoisotopic (exact) mass is 315 g/mol. The van der Waals surface area contributed by atoms with Gasteiger partial charge in [-0.2, -0.15) is 5.10 Å². The van der Waals surface area contributed by atoms with Crippen molar-refractivity contribution < 1.29 is 9.59 Å². The lowest BCUT2D eigenvalue weighted by Gasteiger charge is -2.20. The summed E-state index contributed by atoms with van der Waals surface area (Å²) in [5, 5.41) is 4.35. The quantitative estimate of drug-likeness (QED) is 0.870. The fourth-order valence-corrected chi connectivity index (χ4v) is 3.35. The number of nitrogens with zero attached hydrogens (tertiary/aromatic N) is 3. The minimum absolute atomic E-state index is 0.0999. The molecule has 1 amide bonds. The number of benzene rings is 1. The summed E-state index contributed by atoms with van der Waals surface area (Å²) in [6, 6.07) is 9.61. The van der Waals surface area contributed by atoms with Gasteiger partial charge in [-0.3, -0.25) is 9.59 Å². The standard InChI is InChI=1S/C16H17N3O2S/c1-12(20)22-11-13-9-16(21)18(10-13)14-5-2-3-6-15(14)19-8-4-7-17-19/h2-8,13H,9-11H2,1H3. The molecule has 5 nitrogen and oxygen atoms in total. The van der Waals surface area contributed by atoms with Gasteiger partial charge in [0.25, 0.3) is 0 Å². The fraction of sp³-hybridized carbons (Fsp3) is 0.312. The van der Waals surface area contributed by atoms with E-state index in [1.165, 1.54) is 11.8 Å². The molecule has 0 spiro atoms. The molecule has 0 bridgehead atoms. The first-order valence-corrected chi connectivity index (χ1v) is 8.16. The Morgan fingerprint density at radius 2 is 2.09 bits per heavy atom. The van der Waals surface area contributed by atoms with E-state index < -0.39 is 0 Å². The van der Waals surface area contributed by atoms with Gasteiger partial charge in [0, 0.05) is 38.0 Å². The van der Waals surface area contributed by atoms with Crippen molar-refractivity contribution in [2.45, 2.75) is 13.3 Å². The molecule has 114 valence electrons. The Balaban J connectivity index is 1.83. The number of para-hydroxylation sites is 2. The molecule has 0 N–H and O–H groups in total. The summed E-state index contributed by atoms with van der Waals surface area (Å²) in [6.45, 7) is 2.21. The summed E-state index contributed by atoms with van der Waals surface area (Å²) >= 11 is 1.29. The van der Waals surface area contributed by atoms with Gasteiger partial charge >= 0.3 is 0 Å². The molecule has 1 saturated heterocycles. The average molecular weight is 315 g/mol. The summed E-state index contributed by atoms with van der Waals surface area (Å²) in [4.78, 5) is 25.3. The predicted molar refractivity (Wildman–Crippen MR) is 87.2 cm³/mol. The molecule has 1 aliphatic heterocycles. The van der Waals surface area contributed by atoms with Crippen molar-refractivity contribution in [1.29, 1.82) is 0 Å². The van der Waals surface area contributed by atoms with Crippen LogP contribution in [-0.4, -0.2) is 33.1 Å². The highest BCUT2D eigenvalue weighted by molar-refractivity contribution is 8.13. The summed E-state index contributed by atoms with van der Waals surface area (Å²) in [7, 11) is 0. The van der Waals surface area contributed by atoms with Gasteiger partial charge < -0.3 is 4.90 Å². The zero-order chi connectivity index (χ0) is 15.5. The number of hydrogen-bond donors (Lipinski definition) is 0. The van der Waals surface area contributed by atoms with E-state index in [0.717, 1.165) is 11.4 Å². The van der Waals surface area contributed by atoms with Crippen LogP contribution >= 0.6 is 11.8 Å². The molecule has 2 heterocycles. The van der Waals surface area contributed by atoms with Crippen molar-refractivity contribution in [3.8, 4) is 5.69 Å². The third kappa shape index (κ3) is 3.06. The Labute approximate surface area is 133 Å². The fourth-order valence-electron chi connectivity index (χ4n) is 2.66. The number of aromatic nitrogens is 2. The first-order valence-electron chi connectivity index (χ1n) is 7.18. The summed E-state index contributed by atoms with van der Waals surface area (Å²) in [5.41, 5.74) is 1.76. The molecule has 1 unspecified atom stereocenters. The van der Waals surface area contributed by atoms with E-state index in [4.69, 9.17) is 0 Å². The van der Waals surface area contributed by atoms with Crippen LogP contribution in [0, 0.1) is 5.92 Å². The second-order valence-electron chi connectivity index (χ2n) is 5.32. The van der Waals surface area contributed by atoms with Gasteiger partial charge in [-0.05, 0) is 24.1 Å². The molecular formula is C16H17N3O2S. The van der Waals surface area contributed by atoms with E-state index in [1.54, 1.807) is 17.8 Å². The van der Waals surface area contributed by atoms with Crippen LogP contribution in [0.3, 0.4) is 0 Å². The number of thioether (sulfide) groups is 1. The van der Waals surface area contributed by atoms with E-state index in [1.807, 2.05) is 41.4 Å². The van der Waals surface area contributed by atoms with Crippen molar-refractivity contribution in [3.05, 3.63) is 42.7 Å². The minimum atomic E-state index is 0.0999. The van der Waals surface area contributed by atoms with Crippen LogP contribution < -0.4 is 4.90 Å². The molecule has 6 heteroatoms. The molecule has 1 aromatic carbocycles. The second kappa shape index (κ2) is 6.36. The van der Waals surface area contributed by atoms with Gasteiger partial charge in [0.15, 0.2) is 5.12 Å². The van der Waals surface area contributed by atoms with Crippen LogP contribution in [0.4, 0.5) is 5.69 Å². The normalized spacial score (nSPS) is 18.0. The lowest BCUT2D eigenvalue weighted by Crippen LogP contribution is -2.26. The van der Waals surface area contributed by atoms with Crippen molar-refractivity contribution >= 4 is 28.5 Å². The maximum absolute atomic E-state index is 12.4. The van der Waals surface area contributed by atoms with E-state index in [-0.39, 0.29) is 16.9 Å². The molecule has 1 fully saturated rings. The molecule has 1 aromatic heterocycles. The van der Waals surface area contributed by atoms with Gasteiger partial charge in [0.05, 0.1) is 11.4 Å². The molecule has 2 aromatic rings. The zero-order valence-electron chi connectivity index (χ0n) is 12.3. The Morgan fingerprint density at radius 1 is 1.32 bits per heavy atom. The SMILES string of the molecule is CC(=O)SCC1CC(=O)N(c2ccccc2-n2cccn2)C1. The van der Waals surface area contributed by atoms with Crippen LogP contribution in [0.15, 0.2) is 42.7 Å². The first-order chi connectivity index (χ1) is 10.6. The largest absolute Gasteiger partial charge is 0.310 e. The summed E-state index contributed by atoms with van der Waals surface area (Å²) in [5.74, 6) is 1.02. The Bertz CT molecular complexity index is 684. The number of carbonyl (C=O) groups excluding carboxylic acids is 2. The van der Waals surface area contributed by atoms with Gasteiger partial charge in [-0.25, -0.2) is 4.68 Å². The van der Waals surface area contributed by atoms with Gasteiger partial charge in [0.2, 0.25) is 5.91 Å². The summed E-state index contributed by atoms with van der Waals surface area (Å²) < 4.78 is 1.76. The second-order valence-corrected chi connectivity index (χ2v) is 6.51. The molecule has 0 radical (unpaired) electrons. The van der Waals surface area contributed by atoms with Crippen LogP contribution in [-0.2, 0) is 9.59 Å². The van der Waals surface area contributed by atoms with Crippen molar-refractivity contribution in [2.75, 3.05) is 17.2 Å². The highest BCUT2D eigenvalue weighted by Crippen LogP contribution is 2.31. The first kappa shape index (κ1) is 14.8. The van der Waals surface area contributed by atoms with Gasteiger partial charge in [-0.15, -0.1) is 0 Å². The molecular weight excluding hydrogens is 298 g/mol. The van der Waals surface area contributed by atoms with E-state index in [0.29, 0.717) is 18.7 Å². The summed E-state index contributed by atoms with van der Waals surface area (Å²) in [6.07, 6.45) is 4.07. The molecule has 0 aliphatic carbocycles. The Kier molecular flexibility index (Phi) is 4.29. The zero-order valence-corrected chi connectivity index (χ0v) is 13.1. The smallest absolute Gasteiger partial charge is 0.227 e. The molecule has 22 heavy (non-hydrogen) atoms. The third-order valence-corrected chi connectivity index (χ3v) is 4.70. The topological polar surface area (TPSA) is 55.2 Å². The number of hydrogen-bond acceptors (Lipinski definition) is 4. The highest BCUT2D eigenvalue weighted by Gasteiger charge is 2.32. The average Bonchev–Trinajstić information content (AvgIpc) is 3.14. The molecule has 3 rings (SSSR count). The van der Waals surface area contributed by atoms with Crippen LogP contribution in [0.2, 0.25) is 0 Å². The predicted octanol–water partition coefficient (Wildman–Crippen LogP) is 2.50. The van der Waals surface area contributed by atoms with Crippen LogP contribution in [0.1, 0.15) is 13.3 Å². The number of rotatable bonds is 4. The highest BCUT2D eigenvalue weighted by atomic mass is 32.2. The molecule has 1 atom stereocenters. The van der Waals surface area contributed by atoms with E-state index in [2.05, 4.69) is 5.10 Å². The Morgan fingerprint density at radius 3 is 2.77 bits per heavy atom. The van der Waals surface area contributed by atoms with Crippen molar-refractivity contribution in [1.82, 2.24) is 9.78 Å². The van der Waals surface area contributed by atoms with Crippen LogP contribution in [0.5, 0.6) is 0 Å². The molecule has 1 aliphatic rings. The lowest BCUT2D eigenvalue weighted by molar-refractivity contribution is -0.117. The molecule has 0 saturated carbocycles. The van der Waals surface area contributed by atoms with Crippen LogP contribution in [0.25, 0.3) is 5.69 Å². The van der Waals surface area contributed by atoms with E-state index in [9.17, 15) is 9.59 Å². The third-order valence-electron chi connectivity index (χ3n) is 3.65. The van der Waals surface area contributed by atoms with Gasteiger partial charge in [-0.1, -0.05) is 23.9 Å². The number of carbonyl (C=O) groups is 2. The lowest BCUT2D eigenvalue weighted by atomic mass is 10.1. The number of anilines is 1. The minimum Gasteiger partial charge on any atom is -0.310 e. The van der Waals surface area contributed by atoms with Crippen molar-refractivity contribution in [2.24, 2.45) is 5.92 Å². The Hall–Kier alpha value is -2.08. The van der Waals surface area contributed by atoms with Gasteiger partial charge in [0.1, 0.15) is 0 Å².